The van der Waals surface area contributed by atoms with Crippen molar-refractivity contribution in [3.63, 3.8) is 0 Å². The summed E-state index contributed by atoms with van der Waals surface area (Å²) in [5, 5.41) is 16.0. The summed E-state index contributed by atoms with van der Waals surface area (Å²) in [4.78, 5) is 4.62. The second-order valence-corrected chi connectivity index (χ2v) is 6.33. The zero-order valence-electron chi connectivity index (χ0n) is 16.3. The van der Waals surface area contributed by atoms with E-state index >= 15 is 0 Å². The topological polar surface area (TPSA) is 65.9 Å². The molecule has 1 atom stereocenters. The average Bonchev–Trinajstić information content (AvgIpc) is 2.72. The Morgan fingerprint density at radius 2 is 1.74 bits per heavy atom. The van der Waals surface area contributed by atoms with Gasteiger partial charge in [0.2, 0.25) is 0 Å². The minimum absolute atomic E-state index is 0.0343. The molecule has 0 fully saturated rings. The Kier molecular flexibility index (Phi) is 9.38. The van der Waals surface area contributed by atoms with Crippen LogP contribution >= 0.6 is 0 Å². The summed E-state index contributed by atoms with van der Waals surface area (Å²) < 4.78 is 5.90. The van der Waals surface area contributed by atoms with E-state index in [0.29, 0.717) is 13.2 Å². The summed E-state index contributed by atoms with van der Waals surface area (Å²) in [6.07, 6.45) is 0.998. The average molecular weight is 370 g/mol. The van der Waals surface area contributed by atoms with E-state index in [0.717, 1.165) is 36.6 Å². The van der Waals surface area contributed by atoms with Crippen molar-refractivity contribution < 1.29 is 9.84 Å². The first-order chi connectivity index (χ1) is 13.2. The van der Waals surface area contributed by atoms with Crippen molar-refractivity contribution in [2.45, 2.75) is 39.5 Å². The molecule has 0 aliphatic rings. The number of ether oxygens (including phenoxy) is 1. The number of aliphatic imine (C=N–C) groups is 1. The molecule has 0 spiro atoms. The van der Waals surface area contributed by atoms with Crippen molar-refractivity contribution in [2.24, 2.45) is 4.99 Å². The van der Waals surface area contributed by atoms with Gasteiger partial charge in [0.1, 0.15) is 0 Å². The largest absolute Gasteiger partial charge is 0.392 e. The minimum Gasteiger partial charge on any atom is -0.392 e. The molecule has 146 valence electrons. The number of aliphatic hydroxyl groups is 1. The third kappa shape index (κ3) is 7.41. The molecule has 2 aromatic rings. The second kappa shape index (κ2) is 12.1. The van der Waals surface area contributed by atoms with Crippen LogP contribution in [0.3, 0.4) is 0 Å². The lowest BCUT2D eigenvalue weighted by Crippen LogP contribution is -2.38. The summed E-state index contributed by atoms with van der Waals surface area (Å²) in [5.74, 6) is 0.779. The Bertz CT molecular complexity index is 689. The van der Waals surface area contributed by atoms with E-state index in [4.69, 9.17) is 4.74 Å². The molecule has 0 amide bonds. The van der Waals surface area contributed by atoms with Crippen molar-refractivity contribution in [1.29, 1.82) is 0 Å². The summed E-state index contributed by atoms with van der Waals surface area (Å²) in [6.45, 7) is 6.97. The molecule has 0 aliphatic heterocycles. The monoisotopic (exact) mass is 369 g/mol. The van der Waals surface area contributed by atoms with E-state index in [1.54, 1.807) is 0 Å². The number of hydrogen-bond acceptors (Lipinski definition) is 3. The van der Waals surface area contributed by atoms with E-state index in [-0.39, 0.29) is 12.7 Å². The summed E-state index contributed by atoms with van der Waals surface area (Å²) >= 11 is 0. The zero-order chi connectivity index (χ0) is 19.3. The summed E-state index contributed by atoms with van der Waals surface area (Å²) in [6, 6.07) is 18.1. The zero-order valence-corrected chi connectivity index (χ0v) is 16.3. The fourth-order valence-electron chi connectivity index (χ4n) is 2.73. The van der Waals surface area contributed by atoms with Crippen LogP contribution in [0.25, 0.3) is 0 Å². The highest BCUT2D eigenvalue weighted by Gasteiger charge is 2.05. The number of rotatable bonds is 10. The molecule has 27 heavy (non-hydrogen) atoms. The van der Waals surface area contributed by atoms with Gasteiger partial charge in [-0.05, 0) is 37.0 Å². The van der Waals surface area contributed by atoms with Crippen molar-refractivity contribution in [1.82, 2.24) is 10.6 Å². The Labute approximate surface area is 162 Å². The lowest BCUT2D eigenvalue weighted by atomic mass is 10.1. The molecule has 0 heterocycles. The highest BCUT2D eigenvalue weighted by atomic mass is 16.5. The quantitative estimate of drug-likeness (QED) is 0.341. The van der Waals surface area contributed by atoms with Crippen molar-refractivity contribution in [2.75, 3.05) is 19.7 Å². The van der Waals surface area contributed by atoms with Gasteiger partial charge < -0.3 is 20.5 Å². The van der Waals surface area contributed by atoms with Crippen LogP contribution in [0.2, 0.25) is 0 Å². The van der Waals surface area contributed by atoms with Gasteiger partial charge in [-0.15, -0.1) is 0 Å². The number of benzene rings is 2. The molecule has 0 radical (unpaired) electrons. The van der Waals surface area contributed by atoms with Gasteiger partial charge in [0, 0.05) is 19.7 Å². The molecule has 0 saturated carbocycles. The van der Waals surface area contributed by atoms with Crippen molar-refractivity contribution in [3.8, 4) is 0 Å². The molecule has 0 bridgehead atoms. The van der Waals surface area contributed by atoms with Crippen LogP contribution in [-0.4, -0.2) is 30.8 Å². The number of aliphatic hydroxyl groups excluding tert-OH is 1. The van der Waals surface area contributed by atoms with Gasteiger partial charge >= 0.3 is 0 Å². The van der Waals surface area contributed by atoms with Gasteiger partial charge in [0.25, 0.3) is 0 Å². The molecule has 0 saturated heterocycles. The third-order valence-corrected chi connectivity index (χ3v) is 4.29. The van der Waals surface area contributed by atoms with Crippen molar-refractivity contribution >= 4 is 5.96 Å². The van der Waals surface area contributed by atoms with Crippen molar-refractivity contribution in [3.05, 3.63) is 71.3 Å². The number of nitrogens with zero attached hydrogens (tertiary/aromatic N) is 1. The van der Waals surface area contributed by atoms with Gasteiger partial charge in [0.15, 0.2) is 5.96 Å². The highest BCUT2D eigenvalue weighted by Crippen LogP contribution is 2.15. The van der Waals surface area contributed by atoms with E-state index in [1.807, 2.05) is 49.4 Å². The predicted octanol–water partition coefficient (Wildman–Crippen LogP) is 3.40. The maximum atomic E-state index is 9.42. The van der Waals surface area contributed by atoms with Gasteiger partial charge in [0.05, 0.1) is 19.3 Å². The molecule has 3 N–H and O–H groups in total. The number of guanidine groups is 1. The SMILES string of the molecule is CCNC(=NCc1ccccc1CO)NCCCOC(C)c1ccccc1. The van der Waals surface area contributed by atoms with Gasteiger partial charge in [-0.2, -0.15) is 0 Å². The van der Waals surface area contributed by atoms with Crippen LogP contribution in [0.4, 0.5) is 0 Å². The minimum atomic E-state index is 0.0343. The predicted molar refractivity (Wildman–Crippen MR) is 111 cm³/mol. The second-order valence-electron chi connectivity index (χ2n) is 6.33. The van der Waals surface area contributed by atoms with Crippen LogP contribution in [0, 0.1) is 0 Å². The highest BCUT2D eigenvalue weighted by molar-refractivity contribution is 5.79. The first-order valence-electron chi connectivity index (χ1n) is 9.61. The lowest BCUT2D eigenvalue weighted by Gasteiger charge is -2.15. The molecule has 5 nitrogen and oxygen atoms in total. The maximum Gasteiger partial charge on any atom is 0.191 e. The normalized spacial score (nSPS) is 12.6. The lowest BCUT2D eigenvalue weighted by molar-refractivity contribution is 0.0646. The summed E-state index contributed by atoms with van der Waals surface area (Å²) in [7, 11) is 0. The van der Waals surface area contributed by atoms with Crippen LogP contribution in [0.1, 0.15) is 43.1 Å². The molecular weight excluding hydrogens is 338 g/mol. The standard InChI is InChI=1S/C22H31N3O2/c1-3-23-22(25-16-20-12-7-8-13-21(20)17-26)24-14-9-15-27-18(2)19-10-5-4-6-11-19/h4-8,10-13,18,26H,3,9,14-17H2,1-2H3,(H2,23,24,25). The van der Waals surface area contributed by atoms with Crippen LogP contribution in [0.15, 0.2) is 59.6 Å². The molecule has 0 aromatic heterocycles. The van der Waals surface area contributed by atoms with E-state index in [2.05, 4.69) is 34.7 Å². The van der Waals surface area contributed by atoms with Crippen LogP contribution < -0.4 is 10.6 Å². The Morgan fingerprint density at radius 1 is 1.04 bits per heavy atom. The smallest absolute Gasteiger partial charge is 0.191 e. The molecule has 0 aliphatic carbocycles. The summed E-state index contributed by atoms with van der Waals surface area (Å²) in [5.41, 5.74) is 3.15. The van der Waals surface area contributed by atoms with E-state index in [1.165, 1.54) is 5.56 Å². The number of hydrogen-bond donors (Lipinski definition) is 3. The van der Waals surface area contributed by atoms with Gasteiger partial charge in [-0.1, -0.05) is 54.6 Å². The van der Waals surface area contributed by atoms with Crippen LogP contribution in [0.5, 0.6) is 0 Å². The van der Waals surface area contributed by atoms with E-state index in [9.17, 15) is 5.11 Å². The molecule has 2 rings (SSSR count). The Balaban J connectivity index is 1.75. The fraction of sp³-hybridized carbons (Fsp3) is 0.409. The first kappa shape index (κ1) is 20.9. The Morgan fingerprint density at radius 3 is 2.44 bits per heavy atom. The Hall–Kier alpha value is -2.37. The van der Waals surface area contributed by atoms with Gasteiger partial charge in [-0.3, -0.25) is 0 Å². The van der Waals surface area contributed by atoms with E-state index < -0.39 is 0 Å². The molecular formula is C22H31N3O2. The fourth-order valence-corrected chi connectivity index (χ4v) is 2.73. The maximum absolute atomic E-state index is 9.42. The van der Waals surface area contributed by atoms with Crippen LogP contribution in [-0.2, 0) is 17.9 Å². The van der Waals surface area contributed by atoms with Gasteiger partial charge in [-0.25, -0.2) is 4.99 Å². The molecule has 5 heteroatoms. The molecule has 1 unspecified atom stereocenters. The first-order valence-corrected chi connectivity index (χ1v) is 9.61. The molecule has 2 aromatic carbocycles. The number of nitrogens with one attached hydrogen (secondary N) is 2. The third-order valence-electron chi connectivity index (χ3n) is 4.29.